The SMILES string of the molecule is Cc1ccc(C2(c3ccc(C)cc3)C(=O)N(C(c3ccccc3)c3ccccc3)C2c2ccccc2O)cc1. The maximum atomic E-state index is 15.0. The van der Waals surface area contributed by atoms with E-state index in [0.717, 1.165) is 38.9 Å². The molecule has 1 heterocycles. The first-order valence-corrected chi connectivity index (χ1v) is 13.4. The molecule has 0 saturated carbocycles. The van der Waals surface area contributed by atoms with E-state index in [9.17, 15) is 9.90 Å². The second-order valence-electron chi connectivity index (χ2n) is 10.4. The maximum Gasteiger partial charge on any atom is 0.241 e. The van der Waals surface area contributed by atoms with Crippen molar-refractivity contribution in [1.29, 1.82) is 0 Å². The molecule has 0 bridgehead atoms. The zero-order valence-electron chi connectivity index (χ0n) is 22.2. The van der Waals surface area contributed by atoms with Gasteiger partial charge in [0.05, 0.1) is 12.1 Å². The molecule has 192 valence electrons. The van der Waals surface area contributed by atoms with Crippen LogP contribution < -0.4 is 0 Å². The van der Waals surface area contributed by atoms with Crippen LogP contribution in [0.2, 0.25) is 0 Å². The van der Waals surface area contributed by atoms with Crippen LogP contribution in [0.4, 0.5) is 0 Å². The smallest absolute Gasteiger partial charge is 0.241 e. The first-order chi connectivity index (χ1) is 19.0. The van der Waals surface area contributed by atoms with Crippen molar-refractivity contribution in [3.8, 4) is 5.75 Å². The molecule has 1 fully saturated rings. The largest absolute Gasteiger partial charge is 0.508 e. The van der Waals surface area contributed by atoms with E-state index < -0.39 is 11.5 Å². The lowest BCUT2D eigenvalue weighted by Crippen LogP contribution is -2.67. The summed E-state index contributed by atoms with van der Waals surface area (Å²) in [7, 11) is 0. The molecule has 5 aromatic carbocycles. The Labute approximate surface area is 230 Å². The van der Waals surface area contributed by atoms with Crippen molar-refractivity contribution < 1.29 is 9.90 Å². The van der Waals surface area contributed by atoms with Gasteiger partial charge in [0.2, 0.25) is 5.91 Å². The average Bonchev–Trinajstić information content (AvgIpc) is 2.97. The van der Waals surface area contributed by atoms with Gasteiger partial charge in [-0.25, -0.2) is 0 Å². The van der Waals surface area contributed by atoms with Crippen LogP contribution in [0, 0.1) is 13.8 Å². The number of phenolic OH excluding ortho intramolecular Hbond substituents is 1. The van der Waals surface area contributed by atoms with Gasteiger partial charge in [-0.2, -0.15) is 0 Å². The van der Waals surface area contributed by atoms with Crippen molar-refractivity contribution in [2.24, 2.45) is 0 Å². The summed E-state index contributed by atoms with van der Waals surface area (Å²) in [6.45, 7) is 4.11. The second kappa shape index (κ2) is 9.92. The van der Waals surface area contributed by atoms with Crippen molar-refractivity contribution in [2.45, 2.75) is 31.3 Å². The number of likely N-dealkylation sites (tertiary alicyclic amines) is 1. The Kier molecular flexibility index (Phi) is 6.28. The van der Waals surface area contributed by atoms with Crippen LogP contribution in [0.5, 0.6) is 5.75 Å². The summed E-state index contributed by atoms with van der Waals surface area (Å²) in [6.07, 6.45) is 0. The van der Waals surface area contributed by atoms with Crippen molar-refractivity contribution in [3.63, 3.8) is 0 Å². The highest BCUT2D eigenvalue weighted by Gasteiger charge is 2.65. The molecule has 0 aromatic heterocycles. The van der Waals surface area contributed by atoms with Gasteiger partial charge in [0.25, 0.3) is 0 Å². The van der Waals surface area contributed by atoms with Crippen LogP contribution in [0.25, 0.3) is 0 Å². The van der Waals surface area contributed by atoms with Gasteiger partial charge in [0.1, 0.15) is 11.2 Å². The van der Waals surface area contributed by atoms with E-state index >= 15 is 0 Å². The minimum Gasteiger partial charge on any atom is -0.508 e. The summed E-state index contributed by atoms with van der Waals surface area (Å²) in [4.78, 5) is 17.0. The quantitative estimate of drug-likeness (QED) is 0.239. The Bertz CT molecular complexity index is 1510. The molecule has 3 nitrogen and oxygen atoms in total. The molecule has 0 radical (unpaired) electrons. The molecule has 39 heavy (non-hydrogen) atoms. The monoisotopic (exact) mass is 509 g/mol. The molecule has 1 aliphatic heterocycles. The maximum absolute atomic E-state index is 15.0. The van der Waals surface area contributed by atoms with Gasteiger partial charge in [0.15, 0.2) is 0 Å². The fourth-order valence-electron chi connectivity index (χ4n) is 6.10. The Balaban J connectivity index is 1.65. The number of aryl methyl sites for hydroxylation is 2. The van der Waals surface area contributed by atoms with Crippen molar-refractivity contribution in [1.82, 2.24) is 4.90 Å². The standard InChI is InChI=1S/C36H31NO2/c1-25-17-21-29(22-18-25)36(30-23-19-26(2)20-24-30)34(31-15-9-10-16-32(31)38)37(35(36)39)33(27-11-5-3-6-12-27)28-13-7-4-8-14-28/h3-24,33-34,38H,1-2H3. The number of β-lactam (4-membered cyclic amide) rings is 1. The summed E-state index contributed by atoms with van der Waals surface area (Å²) < 4.78 is 0. The Morgan fingerprint density at radius 1 is 0.615 bits per heavy atom. The molecule has 0 spiro atoms. The lowest BCUT2D eigenvalue weighted by Gasteiger charge is -2.59. The fraction of sp³-hybridized carbons (Fsp3) is 0.139. The van der Waals surface area contributed by atoms with Crippen LogP contribution >= 0.6 is 0 Å². The number of para-hydroxylation sites is 1. The lowest BCUT2D eigenvalue weighted by atomic mass is 9.58. The van der Waals surface area contributed by atoms with E-state index in [1.54, 1.807) is 6.07 Å². The summed E-state index contributed by atoms with van der Waals surface area (Å²) in [5.74, 6) is 0.199. The van der Waals surface area contributed by atoms with Gasteiger partial charge in [-0.15, -0.1) is 0 Å². The Morgan fingerprint density at radius 3 is 1.51 bits per heavy atom. The van der Waals surface area contributed by atoms with Gasteiger partial charge in [-0.1, -0.05) is 139 Å². The van der Waals surface area contributed by atoms with Crippen molar-refractivity contribution >= 4 is 5.91 Å². The highest BCUT2D eigenvalue weighted by Crippen LogP contribution is 2.60. The first-order valence-electron chi connectivity index (χ1n) is 13.4. The Hall–Kier alpha value is -4.63. The predicted molar refractivity (Wildman–Crippen MR) is 156 cm³/mol. The van der Waals surface area contributed by atoms with Crippen LogP contribution in [0.1, 0.15) is 51.0 Å². The number of phenols is 1. The second-order valence-corrected chi connectivity index (χ2v) is 10.4. The molecule has 1 aliphatic rings. The third kappa shape index (κ3) is 4.02. The number of aromatic hydroxyl groups is 1. The minimum absolute atomic E-state index is 0.0150. The number of hydrogen-bond acceptors (Lipinski definition) is 2. The predicted octanol–water partition coefficient (Wildman–Crippen LogP) is 7.67. The number of amides is 1. The molecule has 1 N–H and O–H groups in total. The molecular weight excluding hydrogens is 478 g/mol. The van der Waals surface area contributed by atoms with E-state index in [1.807, 2.05) is 59.5 Å². The minimum atomic E-state index is -0.998. The lowest BCUT2D eigenvalue weighted by molar-refractivity contribution is -0.162. The normalized spacial score (nSPS) is 16.2. The number of benzene rings is 5. The summed E-state index contributed by atoms with van der Waals surface area (Å²) in [5, 5.41) is 11.2. The summed E-state index contributed by atoms with van der Waals surface area (Å²) in [5.41, 5.74) is 5.90. The van der Waals surface area contributed by atoms with Crippen LogP contribution in [-0.4, -0.2) is 15.9 Å². The van der Waals surface area contributed by atoms with Gasteiger partial charge in [-0.05, 0) is 42.2 Å². The number of carbonyl (C=O) groups excluding carboxylic acids is 1. The molecule has 1 atom stereocenters. The van der Waals surface area contributed by atoms with Crippen LogP contribution in [-0.2, 0) is 10.2 Å². The van der Waals surface area contributed by atoms with Gasteiger partial charge in [0, 0.05) is 5.56 Å². The molecule has 3 heteroatoms. The van der Waals surface area contributed by atoms with E-state index in [-0.39, 0.29) is 17.7 Å². The molecule has 1 unspecified atom stereocenters. The van der Waals surface area contributed by atoms with E-state index in [2.05, 4.69) is 86.6 Å². The van der Waals surface area contributed by atoms with Crippen molar-refractivity contribution in [2.75, 3.05) is 0 Å². The average molecular weight is 510 g/mol. The van der Waals surface area contributed by atoms with Crippen LogP contribution in [0.15, 0.2) is 133 Å². The molecule has 6 rings (SSSR count). The van der Waals surface area contributed by atoms with E-state index in [0.29, 0.717) is 0 Å². The fourth-order valence-corrected chi connectivity index (χ4v) is 6.10. The van der Waals surface area contributed by atoms with E-state index in [1.165, 1.54) is 0 Å². The summed E-state index contributed by atoms with van der Waals surface area (Å²) >= 11 is 0. The van der Waals surface area contributed by atoms with E-state index in [4.69, 9.17) is 0 Å². The number of hydrogen-bond donors (Lipinski definition) is 1. The molecule has 1 amide bonds. The molecule has 0 aliphatic carbocycles. The Morgan fingerprint density at radius 2 is 1.05 bits per heavy atom. The summed E-state index contributed by atoms with van der Waals surface area (Å²) in [6, 6.07) is 43.5. The third-order valence-corrected chi connectivity index (χ3v) is 8.01. The van der Waals surface area contributed by atoms with Gasteiger partial charge < -0.3 is 10.0 Å². The van der Waals surface area contributed by atoms with Crippen LogP contribution in [0.3, 0.4) is 0 Å². The zero-order chi connectivity index (χ0) is 27.0. The topological polar surface area (TPSA) is 40.5 Å². The van der Waals surface area contributed by atoms with Gasteiger partial charge >= 0.3 is 0 Å². The highest BCUT2D eigenvalue weighted by molar-refractivity contribution is 6.01. The highest BCUT2D eigenvalue weighted by atomic mass is 16.3. The number of carbonyl (C=O) groups is 1. The molecule has 1 saturated heterocycles. The van der Waals surface area contributed by atoms with Crippen molar-refractivity contribution in [3.05, 3.63) is 172 Å². The third-order valence-electron chi connectivity index (χ3n) is 8.01. The molecule has 5 aromatic rings. The first kappa shape index (κ1) is 24.7. The zero-order valence-corrected chi connectivity index (χ0v) is 22.2. The number of rotatable bonds is 6. The van der Waals surface area contributed by atoms with Gasteiger partial charge in [-0.3, -0.25) is 4.79 Å². The molecular formula is C36H31NO2. The number of nitrogens with zero attached hydrogens (tertiary/aromatic N) is 1.